The standard InChI is InChI=1S/C18H15Cl2FN2O2/c19-13-2-1-3-14(15(13)20)23-17(25)18(8-9-18)16(24)22-10-11-4-6-12(21)7-5-11/h1-7H,8-10H2,(H,22,24)(H,23,25). The fourth-order valence-corrected chi connectivity index (χ4v) is 2.83. The lowest BCUT2D eigenvalue weighted by atomic mass is 10.0. The minimum atomic E-state index is -1.09. The molecule has 0 aromatic heterocycles. The third-order valence-corrected chi connectivity index (χ3v) is 5.00. The molecule has 1 aliphatic carbocycles. The molecule has 1 saturated carbocycles. The Morgan fingerprint density at radius 3 is 2.36 bits per heavy atom. The van der Waals surface area contributed by atoms with Gasteiger partial charge in [0.15, 0.2) is 0 Å². The summed E-state index contributed by atoms with van der Waals surface area (Å²) < 4.78 is 12.9. The second-order valence-corrected chi connectivity index (χ2v) is 6.73. The van der Waals surface area contributed by atoms with Gasteiger partial charge in [0, 0.05) is 6.54 Å². The predicted molar refractivity (Wildman–Crippen MR) is 95.0 cm³/mol. The number of nitrogens with one attached hydrogen (secondary N) is 2. The van der Waals surface area contributed by atoms with Crippen LogP contribution >= 0.6 is 23.2 Å². The summed E-state index contributed by atoms with van der Waals surface area (Å²) >= 11 is 12.0. The Labute approximate surface area is 154 Å². The Morgan fingerprint density at radius 2 is 1.72 bits per heavy atom. The number of halogens is 3. The van der Waals surface area contributed by atoms with Crippen molar-refractivity contribution in [3.63, 3.8) is 0 Å². The largest absolute Gasteiger partial charge is 0.351 e. The van der Waals surface area contributed by atoms with E-state index in [1.165, 1.54) is 12.1 Å². The zero-order valence-corrected chi connectivity index (χ0v) is 14.6. The molecular weight excluding hydrogens is 366 g/mol. The minimum Gasteiger partial charge on any atom is -0.351 e. The number of hydrogen-bond donors (Lipinski definition) is 2. The van der Waals surface area contributed by atoms with E-state index in [4.69, 9.17) is 23.2 Å². The first-order valence-corrected chi connectivity index (χ1v) is 8.46. The van der Waals surface area contributed by atoms with Gasteiger partial charge in [-0.1, -0.05) is 41.4 Å². The van der Waals surface area contributed by atoms with E-state index < -0.39 is 11.3 Å². The fourth-order valence-electron chi connectivity index (χ4n) is 2.48. The van der Waals surface area contributed by atoms with Crippen LogP contribution in [-0.4, -0.2) is 11.8 Å². The van der Waals surface area contributed by atoms with Crippen LogP contribution in [0, 0.1) is 11.2 Å². The van der Waals surface area contributed by atoms with Crippen molar-refractivity contribution >= 4 is 40.7 Å². The summed E-state index contributed by atoms with van der Waals surface area (Å²) in [5.74, 6) is -1.10. The van der Waals surface area contributed by atoms with Crippen LogP contribution in [0.5, 0.6) is 0 Å². The monoisotopic (exact) mass is 380 g/mol. The molecular formula is C18H15Cl2FN2O2. The highest BCUT2D eigenvalue weighted by Gasteiger charge is 2.56. The molecule has 0 unspecified atom stereocenters. The van der Waals surface area contributed by atoms with Gasteiger partial charge in [0.25, 0.3) is 0 Å². The average molecular weight is 381 g/mol. The smallest absolute Gasteiger partial charge is 0.240 e. The highest BCUT2D eigenvalue weighted by atomic mass is 35.5. The molecule has 2 aromatic rings. The van der Waals surface area contributed by atoms with E-state index >= 15 is 0 Å². The summed E-state index contributed by atoms with van der Waals surface area (Å²) in [6, 6.07) is 10.7. The van der Waals surface area contributed by atoms with Gasteiger partial charge in [-0.05, 0) is 42.7 Å². The van der Waals surface area contributed by atoms with E-state index in [0.717, 1.165) is 5.56 Å². The molecule has 2 N–H and O–H groups in total. The quantitative estimate of drug-likeness (QED) is 0.764. The molecule has 0 atom stereocenters. The highest BCUT2D eigenvalue weighted by Crippen LogP contribution is 2.47. The van der Waals surface area contributed by atoms with Gasteiger partial charge in [-0.15, -0.1) is 0 Å². The molecule has 0 saturated heterocycles. The summed E-state index contributed by atoms with van der Waals surface area (Å²) in [6.45, 7) is 0.228. The van der Waals surface area contributed by atoms with Gasteiger partial charge in [0.2, 0.25) is 11.8 Å². The molecule has 0 spiro atoms. The molecule has 4 nitrogen and oxygen atoms in total. The lowest BCUT2D eigenvalue weighted by molar-refractivity contribution is -0.134. The summed E-state index contributed by atoms with van der Waals surface area (Å²) in [5.41, 5.74) is 0.0340. The molecule has 2 aromatic carbocycles. The minimum absolute atomic E-state index is 0.228. The predicted octanol–water partition coefficient (Wildman–Crippen LogP) is 4.17. The van der Waals surface area contributed by atoms with Crippen LogP contribution in [0.25, 0.3) is 0 Å². The van der Waals surface area contributed by atoms with Crippen molar-refractivity contribution in [2.75, 3.05) is 5.32 Å². The molecule has 130 valence electrons. The number of hydrogen-bond acceptors (Lipinski definition) is 2. The summed E-state index contributed by atoms with van der Waals surface area (Å²) in [4.78, 5) is 25.0. The lowest BCUT2D eigenvalue weighted by Gasteiger charge is -2.16. The van der Waals surface area contributed by atoms with Gasteiger partial charge >= 0.3 is 0 Å². The zero-order valence-electron chi connectivity index (χ0n) is 13.1. The zero-order chi connectivity index (χ0) is 18.0. The average Bonchev–Trinajstić information content (AvgIpc) is 3.40. The maximum atomic E-state index is 12.9. The van der Waals surface area contributed by atoms with Crippen LogP contribution < -0.4 is 10.6 Å². The van der Waals surface area contributed by atoms with E-state index in [2.05, 4.69) is 10.6 Å². The first kappa shape index (κ1) is 17.7. The van der Waals surface area contributed by atoms with Crippen LogP contribution in [0.4, 0.5) is 10.1 Å². The number of carbonyl (C=O) groups excluding carboxylic acids is 2. The van der Waals surface area contributed by atoms with Crippen molar-refractivity contribution in [1.29, 1.82) is 0 Å². The number of rotatable bonds is 5. The van der Waals surface area contributed by atoms with Gasteiger partial charge in [-0.3, -0.25) is 9.59 Å². The Balaban J connectivity index is 1.64. The summed E-state index contributed by atoms with van der Waals surface area (Å²) in [7, 11) is 0. The Hall–Kier alpha value is -2.11. The van der Waals surface area contributed by atoms with Crippen LogP contribution in [0.1, 0.15) is 18.4 Å². The van der Waals surface area contributed by atoms with Crippen molar-refractivity contribution < 1.29 is 14.0 Å². The molecule has 1 aliphatic rings. The van der Waals surface area contributed by atoms with Crippen LogP contribution in [0.15, 0.2) is 42.5 Å². The maximum Gasteiger partial charge on any atom is 0.240 e. The third-order valence-electron chi connectivity index (χ3n) is 4.19. The Kier molecular flexibility index (Phi) is 4.97. The summed E-state index contributed by atoms with van der Waals surface area (Å²) in [5, 5.41) is 5.97. The van der Waals surface area contributed by atoms with E-state index in [0.29, 0.717) is 23.6 Å². The van der Waals surface area contributed by atoms with Gasteiger partial charge in [-0.2, -0.15) is 0 Å². The van der Waals surface area contributed by atoms with E-state index in [-0.39, 0.29) is 23.3 Å². The van der Waals surface area contributed by atoms with Crippen molar-refractivity contribution in [2.45, 2.75) is 19.4 Å². The third kappa shape index (κ3) is 3.78. The van der Waals surface area contributed by atoms with Gasteiger partial charge in [0.05, 0.1) is 15.7 Å². The first-order valence-electron chi connectivity index (χ1n) is 7.70. The fraction of sp³-hybridized carbons (Fsp3) is 0.222. The topological polar surface area (TPSA) is 58.2 Å². The van der Waals surface area contributed by atoms with Gasteiger partial charge < -0.3 is 10.6 Å². The number of anilines is 1. The Morgan fingerprint density at radius 1 is 1.04 bits per heavy atom. The maximum absolute atomic E-state index is 12.9. The molecule has 7 heteroatoms. The molecule has 3 rings (SSSR count). The van der Waals surface area contributed by atoms with Crippen molar-refractivity contribution in [3.8, 4) is 0 Å². The van der Waals surface area contributed by atoms with Gasteiger partial charge in [0.1, 0.15) is 11.2 Å². The van der Waals surface area contributed by atoms with Crippen LogP contribution in [0.3, 0.4) is 0 Å². The van der Waals surface area contributed by atoms with Crippen molar-refractivity contribution in [1.82, 2.24) is 5.32 Å². The molecule has 2 amide bonds. The Bertz CT molecular complexity index is 820. The second-order valence-electron chi connectivity index (χ2n) is 5.95. The molecule has 0 aliphatic heterocycles. The SMILES string of the molecule is O=C(NCc1ccc(F)cc1)C1(C(=O)Nc2cccc(Cl)c2Cl)CC1. The molecule has 1 fully saturated rings. The highest BCUT2D eigenvalue weighted by molar-refractivity contribution is 6.44. The first-order chi connectivity index (χ1) is 11.9. The van der Waals surface area contributed by atoms with Crippen molar-refractivity contribution in [3.05, 3.63) is 63.9 Å². The van der Waals surface area contributed by atoms with E-state index in [1.54, 1.807) is 30.3 Å². The summed E-state index contributed by atoms with van der Waals surface area (Å²) in [6.07, 6.45) is 0.929. The number of benzene rings is 2. The molecule has 0 heterocycles. The number of amides is 2. The normalized spacial score (nSPS) is 14.7. The van der Waals surface area contributed by atoms with Crippen LogP contribution in [0.2, 0.25) is 10.0 Å². The van der Waals surface area contributed by atoms with Crippen molar-refractivity contribution in [2.24, 2.45) is 5.41 Å². The van der Waals surface area contributed by atoms with Gasteiger partial charge in [-0.25, -0.2) is 4.39 Å². The molecule has 0 radical (unpaired) electrons. The number of carbonyl (C=O) groups is 2. The molecule has 0 bridgehead atoms. The van der Waals surface area contributed by atoms with E-state index in [1.807, 2.05) is 0 Å². The van der Waals surface area contributed by atoms with Crippen LogP contribution in [-0.2, 0) is 16.1 Å². The second kappa shape index (κ2) is 7.02. The van der Waals surface area contributed by atoms with E-state index in [9.17, 15) is 14.0 Å². The lowest BCUT2D eigenvalue weighted by Crippen LogP contribution is -2.39. The molecule has 25 heavy (non-hydrogen) atoms.